The summed E-state index contributed by atoms with van der Waals surface area (Å²) >= 11 is 0. The molecule has 0 radical (unpaired) electrons. The molecular formula is C15H16N2O4. The van der Waals surface area contributed by atoms with Gasteiger partial charge in [-0.25, -0.2) is 4.79 Å². The summed E-state index contributed by atoms with van der Waals surface area (Å²) in [6, 6.07) is 7.10. The van der Waals surface area contributed by atoms with Gasteiger partial charge >= 0.3 is 6.09 Å². The van der Waals surface area contributed by atoms with Crippen molar-refractivity contribution >= 4 is 17.0 Å². The number of rotatable bonds is 1. The smallest absolute Gasteiger partial charge is 0.407 e. The summed E-state index contributed by atoms with van der Waals surface area (Å²) in [5.74, 6) is -0.0999. The second-order valence-corrected chi connectivity index (χ2v) is 5.31. The Hall–Kier alpha value is -2.50. The Labute approximate surface area is 120 Å². The molecule has 1 aliphatic heterocycles. The highest BCUT2D eigenvalue weighted by Crippen LogP contribution is 2.34. The maximum absolute atomic E-state index is 12.2. The third kappa shape index (κ3) is 2.33. The molecule has 1 saturated heterocycles. The molecule has 110 valence electrons. The lowest BCUT2D eigenvalue weighted by Gasteiger charge is -2.30. The average molecular weight is 288 g/mol. The van der Waals surface area contributed by atoms with Crippen molar-refractivity contribution in [2.24, 2.45) is 0 Å². The third-order valence-corrected chi connectivity index (χ3v) is 4.10. The summed E-state index contributed by atoms with van der Waals surface area (Å²) in [5.41, 5.74) is 0.686. The second kappa shape index (κ2) is 5.12. The summed E-state index contributed by atoms with van der Waals surface area (Å²) in [6.07, 6.45) is 0.146. The Morgan fingerprint density at radius 3 is 2.57 bits per heavy atom. The van der Waals surface area contributed by atoms with Crippen LogP contribution in [0.2, 0.25) is 0 Å². The minimum absolute atomic E-state index is 0.0168. The quantitative estimate of drug-likeness (QED) is 0.749. The van der Waals surface area contributed by atoms with Gasteiger partial charge in [-0.05, 0) is 30.9 Å². The van der Waals surface area contributed by atoms with Crippen molar-refractivity contribution in [2.75, 3.05) is 13.1 Å². The Kier molecular flexibility index (Phi) is 3.29. The average Bonchev–Trinajstić information content (AvgIpc) is 2.48. The first-order valence-electron chi connectivity index (χ1n) is 6.89. The van der Waals surface area contributed by atoms with Crippen LogP contribution < -0.4 is 5.56 Å². The Balaban J connectivity index is 1.98. The Bertz CT molecular complexity index is 745. The minimum Gasteiger partial charge on any atom is -0.507 e. The van der Waals surface area contributed by atoms with Gasteiger partial charge in [-0.15, -0.1) is 0 Å². The predicted octanol–water partition coefficient (Wildman–Crippen LogP) is 2.09. The van der Waals surface area contributed by atoms with Crippen LogP contribution >= 0.6 is 0 Å². The van der Waals surface area contributed by atoms with E-state index >= 15 is 0 Å². The predicted molar refractivity (Wildman–Crippen MR) is 77.8 cm³/mol. The lowest BCUT2D eigenvalue weighted by Crippen LogP contribution is -2.37. The van der Waals surface area contributed by atoms with E-state index in [4.69, 9.17) is 5.11 Å². The van der Waals surface area contributed by atoms with Crippen molar-refractivity contribution in [2.45, 2.75) is 18.8 Å². The zero-order valence-electron chi connectivity index (χ0n) is 11.4. The zero-order valence-corrected chi connectivity index (χ0v) is 11.4. The van der Waals surface area contributed by atoms with Crippen LogP contribution in [-0.2, 0) is 0 Å². The van der Waals surface area contributed by atoms with Crippen molar-refractivity contribution in [3.63, 3.8) is 0 Å². The number of aromatic hydroxyl groups is 1. The van der Waals surface area contributed by atoms with E-state index in [1.165, 1.54) is 4.90 Å². The van der Waals surface area contributed by atoms with Crippen LogP contribution in [0.25, 0.3) is 10.9 Å². The van der Waals surface area contributed by atoms with Crippen molar-refractivity contribution in [3.05, 3.63) is 40.2 Å². The second-order valence-electron chi connectivity index (χ2n) is 5.31. The number of aromatic nitrogens is 1. The molecule has 2 aromatic rings. The number of H-pyrrole nitrogens is 1. The number of benzene rings is 1. The number of hydrogen-bond acceptors (Lipinski definition) is 3. The number of hydrogen-bond donors (Lipinski definition) is 3. The molecule has 1 aromatic heterocycles. The molecule has 1 aromatic carbocycles. The van der Waals surface area contributed by atoms with Crippen molar-refractivity contribution in [1.29, 1.82) is 0 Å². The molecule has 6 nitrogen and oxygen atoms in total. The van der Waals surface area contributed by atoms with Crippen LogP contribution in [0.5, 0.6) is 5.75 Å². The van der Waals surface area contributed by atoms with Gasteiger partial charge in [0, 0.05) is 18.5 Å². The van der Waals surface area contributed by atoms with Gasteiger partial charge in [0.2, 0.25) is 0 Å². The van der Waals surface area contributed by atoms with Gasteiger partial charge in [-0.1, -0.05) is 12.1 Å². The van der Waals surface area contributed by atoms with E-state index in [0.717, 1.165) is 0 Å². The number of amides is 1. The number of carboxylic acid groups (broad SMARTS) is 1. The van der Waals surface area contributed by atoms with Gasteiger partial charge in [0.15, 0.2) is 0 Å². The normalized spacial score (nSPS) is 16.3. The molecule has 1 amide bonds. The van der Waals surface area contributed by atoms with E-state index < -0.39 is 6.09 Å². The van der Waals surface area contributed by atoms with E-state index in [1.807, 2.05) is 0 Å². The van der Waals surface area contributed by atoms with Crippen LogP contribution in [0.1, 0.15) is 24.3 Å². The van der Waals surface area contributed by atoms with E-state index in [9.17, 15) is 14.7 Å². The van der Waals surface area contributed by atoms with Gasteiger partial charge < -0.3 is 20.1 Å². The summed E-state index contributed by atoms with van der Waals surface area (Å²) in [5, 5.41) is 20.0. The van der Waals surface area contributed by atoms with Gasteiger partial charge in [0.1, 0.15) is 5.75 Å². The van der Waals surface area contributed by atoms with E-state index in [0.29, 0.717) is 42.4 Å². The number of nitrogens with one attached hydrogen (secondary N) is 1. The molecule has 0 unspecified atom stereocenters. The SMILES string of the molecule is O=C(O)N1CCC(c2c(O)c3ccccc3[nH]c2=O)CC1. The highest BCUT2D eigenvalue weighted by molar-refractivity contribution is 5.85. The Morgan fingerprint density at radius 2 is 1.90 bits per heavy atom. The molecule has 1 fully saturated rings. The molecule has 0 aliphatic carbocycles. The highest BCUT2D eigenvalue weighted by atomic mass is 16.4. The fourth-order valence-electron chi connectivity index (χ4n) is 2.98. The molecule has 1 aliphatic rings. The topological polar surface area (TPSA) is 93.6 Å². The van der Waals surface area contributed by atoms with Crippen LogP contribution in [0.3, 0.4) is 0 Å². The van der Waals surface area contributed by atoms with E-state index in [2.05, 4.69) is 4.98 Å². The monoisotopic (exact) mass is 288 g/mol. The largest absolute Gasteiger partial charge is 0.507 e. The molecule has 6 heteroatoms. The first-order valence-corrected chi connectivity index (χ1v) is 6.89. The number of fused-ring (bicyclic) bond motifs is 1. The first-order chi connectivity index (χ1) is 10.1. The van der Waals surface area contributed by atoms with Gasteiger partial charge in [-0.2, -0.15) is 0 Å². The summed E-state index contributed by atoms with van der Waals surface area (Å²) < 4.78 is 0. The van der Waals surface area contributed by atoms with Gasteiger partial charge in [-0.3, -0.25) is 4.79 Å². The number of aromatic amines is 1. The van der Waals surface area contributed by atoms with Gasteiger partial charge in [0.25, 0.3) is 5.56 Å². The van der Waals surface area contributed by atoms with Crippen LogP contribution in [0.4, 0.5) is 4.79 Å². The lowest BCUT2D eigenvalue weighted by molar-refractivity contribution is 0.132. The van der Waals surface area contributed by atoms with Gasteiger partial charge in [0.05, 0.1) is 11.1 Å². The molecule has 0 bridgehead atoms. The number of likely N-dealkylation sites (tertiary alicyclic amines) is 1. The molecular weight excluding hydrogens is 272 g/mol. The maximum atomic E-state index is 12.2. The van der Waals surface area contributed by atoms with Crippen LogP contribution in [0.15, 0.2) is 29.1 Å². The molecule has 21 heavy (non-hydrogen) atoms. The molecule has 0 saturated carbocycles. The van der Waals surface area contributed by atoms with Crippen molar-refractivity contribution < 1.29 is 15.0 Å². The lowest BCUT2D eigenvalue weighted by atomic mass is 9.89. The standard InChI is InChI=1S/C15H16N2O4/c18-13-10-3-1-2-4-11(10)16-14(19)12(13)9-5-7-17(8-6-9)15(20)21/h1-4,9H,5-8H2,(H,20,21)(H2,16,18,19). The Morgan fingerprint density at radius 1 is 1.24 bits per heavy atom. The summed E-state index contributed by atoms with van der Waals surface area (Å²) in [7, 11) is 0. The maximum Gasteiger partial charge on any atom is 0.407 e. The molecule has 0 spiro atoms. The van der Waals surface area contributed by atoms with E-state index in [-0.39, 0.29) is 17.2 Å². The third-order valence-electron chi connectivity index (χ3n) is 4.10. The van der Waals surface area contributed by atoms with Crippen LogP contribution in [0, 0.1) is 0 Å². The number of carbonyl (C=O) groups is 1. The zero-order chi connectivity index (χ0) is 15.0. The van der Waals surface area contributed by atoms with E-state index in [1.54, 1.807) is 24.3 Å². The highest BCUT2D eigenvalue weighted by Gasteiger charge is 2.27. The minimum atomic E-state index is -0.940. The number of pyridine rings is 1. The fourth-order valence-corrected chi connectivity index (χ4v) is 2.98. The fraction of sp³-hybridized carbons (Fsp3) is 0.333. The molecule has 3 N–H and O–H groups in total. The van der Waals surface area contributed by atoms with Crippen molar-refractivity contribution in [3.8, 4) is 5.75 Å². The molecule has 0 atom stereocenters. The van der Waals surface area contributed by atoms with Crippen LogP contribution in [-0.4, -0.2) is 39.3 Å². The van der Waals surface area contributed by atoms with Crippen molar-refractivity contribution in [1.82, 2.24) is 9.88 Å². The summed E-state index contributed by atoms with van der Waals surface area (Å²) in [4.78, 5) is 27.3. The summed E-state index contributed by atoms with van der Waals surface area (Å²) in [6.45, 7) is 0.761. The number of nitrogens with zero attached hydrogens (tertiary/aromatic N) is 1. The molecule has 2 heterocycles. The number of piperidine rings is 1. The number of para-hydroxylation sites is 1. The molecule has 3 rings (SSSR count). The first kappa shape index (κ1) is 13.5.